The molecule has 50 heavy (non-hydrogen) atoms. The molecule has 0 N–H and O–H groups in total. The Hall–Kier alpha value is -6.92. The van der Waals surface area contributed by atoms with Crippen molar-refractivity contribution in [2.45, 2.75) is 0 Å². The summed E-state index contributed by atoms with van der Waals surface area (Å²) in [4.78, 5) is 9.65. The molecule has 0 amide bonds. The minimum Gasteiger partial charge on any atom is -0.457 e. The summed E-state index contributed by atoms with van der Waals surface area (Å²) in [5.41, 5.74) is 8.55. The van der Waals surface area contributed by atoms with Crippen molar-refractivity contribution in [3.05, 3.63) is 164 Å². The highest BCUT2D eigenvalue weighted by Gasteiger charge is 2.19. The molecule has 6 nitrogen and oxygen atoms in total. The molecular weight excluding hydrogens is 615 g/mol. The third-order valence-electron chi connectivity index (χ3n) is 9.97. The number of ether oxygens (including phenoxy) is 1. The van der Waals surface area contributed by atoms with E-state index < -0.39 is 0 Å². The number of benzene rings is 6. The van der Waals surface area contributed by atoms with Crippen LogP contribution in [0.2, 0.25) is 0 Å². The van der Waals surface area contributed by atoms with Gasteiger partial charge in [-0.15, -0.1) is 0 Å². The summed E-state index contributed by atoms with van der Waals surface area (Å²) >= 11 is 0. The molecule has 0 aliphatic rings. The van der Waals surface area contributed by atoms with E-state index in [2.05, 4.69) is 147 Å². The van der Waals surface area contributed by atoms with Crippen LogP contribution in [0.15, 0.2) is 164 Å². The Morgan fingerprint density at radius 1 is 0.420 bits per heavy atom. The van der Waals surface area contributed by atoms with Gasteiger partial charge in [0, 0.05) is 62.7 Å². The first-order chi connectivity index (χ1) is 24.8. The van der Waals surface area contributed by atoms with Gasteiger partial charge in [-0.2, -0.15) is 0 Å². The molecule has 0 saturated carbocycles. The van der Waals surface area contributed by atoms with Crippen LogP contribution in [-0.4, -0.2) is 23.5 Å². The topological polar surface area (TPSA) is 49.3 Å². The van der Waals surface area contributed by atoms with Crippen LogP contribution in [-0.2, 0) is 0 Å². The molecule has 0 aliphatic carbocycles. The smallest absolute Gasteiger partial charge is 0.145 e. The van der Waals surface area contributed by atoms with Crippen molar-refractivity contribution >= 4 is 71.1 Å². The highest BCUT2D eigenvalue weighted by molar-refractivity contribution is 6.26. The molecule has 6 heteroatoms. The SMILES string of the molecule is c1ccc(-n2c3ccccc3c3c2ccc2c4ccc(Oc5cccc(-n6c7ccccc7c7cccnc76)c5)cc4c4nccn4c23)cc1. The van der Waals surface area contributed by atoms with Gasteiger partial charge in [-0.05, 0) is 78.2 Å². The zero-order valence-corrected chi connectivity index (χ0v) is 26.7. The number of fused-ring (bicyclic) bond motifs is 13. The molecule has 0 spiro atoms. The van der Waals surface area contributed by atoms with E-state index >= 15 is 0 Å². The van der Waals surface area contributed by atoms with Crippen molar-refractivity contribution in [1.82, 2.24) is 23.5 Å². The Kier molecular flexibility index (Phi) is 5.57. The molecule has 0 saturated heterocycles. The Morgan fingerprint density at radius 2 is 1.14 bits per heavy atom. The van der Waals surface area contributed by atoms with Crippen molar-refractivity contribution in [3.63, 3.8) is 0 Å². The lowest BCUT2D eigenvalue weighted by molar-refractivity contribution is 0.483. The summed E-state index contributed by atoms with van der Waals surface area (Å²) in [5.74, 6) is 1.50. The number of nitrogens with zero attached hydrogens (tertiary/aromatic N) is 5. The maximum atomic E-state index is 6.59. The Balaban J connectivity index is 1.08. The molecule has 0 bridgehead atoms. The molecular formula is C44H27N5O. The van der Waals surface area contributed by atoms with Crippen LogP contribution in [0.1, 0.15) is 0 Å². The maximum Gasteiger partial charge on any atom is 0.145 e. The number of para-hydroxylation sites is 3. The molecule has 5 aromatic heterocycles. The monoisotopic (exact) mass is 641 g/mol. The minimum absolute atomic E-state index is 0.749. The Labute approximate surface area is 285 Å². The van der Waals surface area contributed by atoms with Gasteiger partial charge in [0.25, 0.3) is 0 Å². The number of pyridine rings is 2. The van der Waals surface area contributed by atoms with Crippen LogP contribution in [0.3, 0.4) is 0 Å². The second-order valence-electron chi connectivity index (χ2n) is 12.7. The molecule has 0 unspecified atom stereocenters. The van der Waals surface area contributed by atoms with Crippen molar-refractivity contribution in [2.75, 3.05) is 0 Å². The predicted octanol–water partition coefficient (Wildman–Crippen LogP) is 11.0. The fourth-order valence-corrected chi connectivity index (χ4v) is 7.93. The van der Waals surface area contributed by atoms with Crippen molar-refractivity contribution in [1.29, 1.82) is 0 Å². The minimum atomic E-state index is 0.749. The van der Waals surface area contributed by atoms with Gasteiger partial charge < -0.3 is 9.30 Å². The van der Waals surface area contributed by atoms with E-state index in [0.717, 1.165) is 66.9 Å². The lowest BCUT2D eigenvalue weighted by Gasteiger charge is -2.13. The number of hydrogen-bond donors (Lipinski definition) is 0. The van der Waals surface area contributed by atoms with Gasteiger partial charge in [0.15, 0.2) is 0 Å². The van der Waals surface area contributed by atoms with E-state index in [1.54, 1.807) is 0 Å². The molecule has 0 radical (unpaired) electrons. The van der Waals surface area contributed by atoms with E-state index in [9.17, 15) is 0 Å². The largest absolute Gasteiger partial charge is 0.457 e. The number of aromatic nitrogens is 5. The van der Waals surface area contributed by atoms with Crippen LogP contribution in [0.4, 0.5) is 0 Å². The summed E-state index contributed by atoms with van der Waals surface area (Å²) in [6.45, 7) is 0. The van der Waals surface area contributed by atoms with Crippen LogP contribution in [0, 0.1) is 0 Å². The fourth-order valence-electron chi connectivity index (χ4n) is 7.93. The van der Waals surface area contributed by atoms with Gasteiger partial charge in [-0.3, -0.25) is 8.97 Å². The highest BCUT2D eigenvalue weighted by Crippen LogP contribution is 2.41. The molecule has 0 atom stereocenters. The lowest BCUT2D eigenvalue weighted by Crippen LogP contribution is -1.96. The summed E-state index contributed by atoms with van der Waals surface area (Å²) < 4.78 is 13.4. The Bertz CT molecular complexity index is 3080. The summed E-state index contributed by atoms with van der Waals surface area (Å²) in [6.07, 6.45) is 5.81. The van der Waals surface area contributed by atoms with Crippen LogP contribution < -0.4 is 4.74 Å². The van der Waals surface area contributed by atoms with Crippen LogP contribution in [0.5, 0.6) is 11.5 Å². The van der Waals surface area contributed by atoms with Gasteiger partial charge in [0.1, 0.15) is 22.8 Å². The predicted molar refractivity (Wildman–Crippen MR) is 203 cm³/mol. The molecule has 6 aromatic carbocycles. The normalized spacial score (nSPS) is 12.0. The molecule has 0 aliphatic heterocycles. The second kappa shape index (κ2) is 10.3. The molecule has 11 aromatic rings. The number of hydrogen-bond acceptors (Lipinski definition) is 3. The van der Waals surface area contributed by atoms with Gasteiger partial charge in [-0.1, -0.05) is 66.7 Å². The number of imidazole rings is 1. The molecule has 5 heterocycles. The van der Waals surface area contributed by atoms with E-state index in [0.29, 0.717) is 0 Å². The zero-order valence-electron chi connectivity index (χ0n) is 26.7. The van der Waals surface area contributed by atoms with Crippen molar-refractivity contribution in [2.24, 2.45) is 0 Å². The molecule has 0 fully saturated rings. The Morgan fingerprint density at radius 3 is 2.04 bits per heavy atom. The third-order valence-corrected chi connectivity index (χ3v) is 9.97. The molecule has 11 rings (SSSR count). The summed E-state index contributed by atoms with van der Waals surface area (Å²) in [6, 6.07) is 50.9. The first-order valence-electron chi connectivity index (χ1n) is 16.7. The summed E-state index contributed by atoms with van der Waals surface area (Å²) in [7, 11) is 0. The quantitative estimate of drug-likeness (QED) is 0.180. The van der Waals surface area contributed by atoms with Gasteiger partial charge >= 0.3 is 0 Å². The highest BCUT2D eigenvalue weighted by atomic mass is 16.5. The van der Waals surface area contributed by atoms with Gasteiger partial charge in [0.2, 0.25) is 0 Å². The van der Waals surface area contributed by atoms with E-state index in [4.69, 9.17) is 14.7 Å². The summed E-state index contributed by atoms with van der Waals surface area (Å²) in [5, 5.41) is 8.06. The average molecular weight is 642 g/mol. The maximum absolute atomic E-state index is 6.59. The van der Waals surface area contributed by atoms with Crippen molar-refractivity contribution < 1.29 is 4.74 Å². The first-order valence-corrected chi connectivity index (χ1v) is 16.7. The standard InChI is InChI=1S/C44H27N5O/c1-2-10-28(11-3-1)48-39-18-7-5-15-36(39)41-40(48)22-21-34-32-20-19-31(27-37(32)43-46-24-25-47(43)42(34)41)50-30-13-8-12-29(26-30)49-38-17-6-4-14-33(38)35-16-9-23-45-44(35)49/h1-27H. The first kappa shape index (κ1) is 27.1. The fraction of sp³-hybridized carbons (Fsp3) is 0. The van der Waals surface area contributed by atoms with Crippen molar-refractivity contribution in [3.8, 4) is 22.9 Å². The lowest BCUT2D eigenvalue weighted by atomic mass is 10.0. The van der Waals surface area contributed by atoms with Gasteiger partial charge in [-0.25, -0.2) is 9.97 Å². The second-order valence-corrected chi connectivity index (χ2v) is 12.7. The van der Waals surface area contributed by atoms with E-state index in [1.807, 2.05) is 30.6 Å². The van der Waals surface area contributed by atoms with E-state index in [1.165, 1.54) is 27.1 Å². The van der Waals surface area contributed by atoms with Gasteiger partial charge in [0.05, 0.1) is 27.8 Å². The van der Waals surface area contributed by atoms with Crippen LogP contribution >= 0.6 is 0 Å². The van der Waals surface area contributed by atoms with E-state index in [-0.39, 0.29) is 0 Å². The zero-order chi connectivity index (χ0) is 32.8. The van der Waals surface area contributed by atoms with Crippen LogP contribution in [0.25, 0.3) is 82.4 Å². The third kappa shape index (κ3) is 3.78. The number of rotatable bonds is 4. The molecule has 234 valence electrons. The average Bonchev–Trinajstić information content (AvgIpc) is 3.89.